The summed E-state index contributed by atoms with van der Waals surface area (Å²) in [5.41, 5.74) is 4.94. The topological polar surface area (TPSA) is 22.3 Å². The molecule has 0 unspecified atom stereocenters. The van der Waals surface area contributed by atoms with Gasteiger partial charge < -0.3 is 9.30 Å². The molecule has 0 aliphatic heterocycles. The van der Waals surface area contributed by atoms with Gasteiger partial charge >= 0.3 is 0 Å². The normalized spacial score (nSPS) is 13.9. The van der Waals surface area contributed by atoms with Gasteiger partial charge in [-0.1, -0.05) is 24.3 Å². The summed E-state index contributed by atoms with van der Waals surface area (Å²) in [6.45, 7) is 5.99. The summed E-state index contributed by atoms with van der Waals surface area (Å²) in [6.07, 6.45) is 6.72. The SMILES string of the molecule is COc1ccc(CN(Cn2ccn(-c3cc(C)ccc3C)c2=S)C2CC2)cc1. The molecule has 1 saturated carbocycles. The van der Waals surface area contributed by atoms with Crippen LogP contribution in [0.1, 0.15) is 29.5 Å². The first kappa shape index (κ1) is 19.0. The molecule has 1 heterocycles. The van der Waals surface area contributed by atoms with Crippen molar-refractivity contribution in [2.75, 3.05) is 7.11 Å². The van der Waals surface area contributed by atoms with Gasteiger partial charge in [-0.2, -0.15) is 0 Å². The maximum Gasteiger partial charge on any atom is 0.185 e. The van der Waals surface area contributed by atoms with Gasteiger partial charge in [0.15, 0.2) is 4.77 Å². The summed E-state index contributed by atoms with van der Waals surface area (Å²) in [6, 6.07) is 15.5. The van der Waals surface area contributed by atoms with Crippen molar-refractivity contribution in [3.63, 3.8) is 0 Å². The van der Waals surface area contributed by atoms with E-state index in [0.717, 1.165) is 29.4 Å². The molecule has 2 aromatic carbocycles. The monoisotopic (exact) mass is 393 g/mol. The Balaban J connectivity index is 1.56. The Hall–Kier alpha value is -2.37. The molecule has 1 aliphatic carbocycles. The number of ether oxygens (including phenoxy) is 1. The maximum absolute atomic E-state index is 5.82. The Morgan fingerprint density at radius 3 is 2.50 bits per heavy atom. The quantitative estimate of drug-likeness (QED) is 0.512. The van der Waals surface area contributed by atoms with Gasteiger partial charge in [-0.05, 0) is 73.8 Å². The zero-order valence-corrected chi connectivity index (χ0v) is 17.6. The van der Waals surface area contributed by atoms with Crippen molar-refractivity contribution in [1.82, 2.24) is 14.0 Å². The lowest BCUT2D eigenvalue weighted by atomic mass is 10.1. The van der Waals surface area contributed by atoms with Gasteiger partial charge in [-0.15, -0.1) is 0 Å². The van der Waals surface area contributed by atoms with Crippen LogP contribution in [0.5, 0.6) is 5.75 Å². The number of methoxy groups -OCH3 is 1. The van der Waals surface area contributed by atoms with Gasteiger partial charge in [0.1, 0.15) is 5.75 Å². The highest BCUT2D eigenvalue weighted by Crippen LogP contribution is 2.29. The van der Waals surface area contributed by atoms with Gasteiger partial charge in [0.25, 0.3) is 0 Å². The lowest BCUT2D eigenvalue weighted by molar-refractivity contribution is 0.197. The van der Waals surface area contributed by atoms with Crippen molar-refractivity contribution >= 4 is 12.2 Å². The van der Waals surface area contributed by atoms with E-state index in [9.17, 15) is 0 Å². The first-order valence-electron chi connectivity index (χ1n) is 9.77. The first-order valence-corrected chi connectivity index (χ1v) is 10.2. The summed E-state index contributed by atoms with van der Waals surface area (Å²) >= 11 is 5.82. The van der Waals surface area contributed by atoms with Crippen LogP contribution < -0.4 is 4.74 Å². The second-order valence-electron chi connectivity index (χ2n) is 7.68. The Bertz CT molecular complexity index is 1020. The summed E-state index contributed by atoms with van der Waals surface area (Å²) in [7, 11) is 1.70. The molecule has 0 N–H and O–H groups in total. The van der Waals surface area contributed by atoms with E-state index in [1.54, 1.807) is 7.11 Å². The van der Waals surface area contributed by atoms with Gasteiger partial charge in [-0.3, -0.25) is 9.47 Å². The number of nitrogens with zero attached hydrogens (tertiary/aromatic N) is 3. The van der Waals surface area contributed by atoms with Crippen LogP contribution in [-0.2, 0) is 13.2 Å². The number of hydrogen-bond donors (Lipinski definition) is 0. The summed E-state index contributed by atoms with van der Waals surface area (Å²) in [5.74, 6) is 0.898. The smallest absolute Gasteiger partial charge is 0.185 e. The minimum Gasteiger partial charge on any atom is -0.497 e. The summed E-state index contributed by atoms with van der Waals surface area (Å²) in [4.78, 5) is 2.52. The lowest BCUT2D eigenvalue weighted by Gasteiger charge is -2.23. The number of imidazole rings is 1. The maximum atomic E-state index is 5.82. The van der Waals surface area contributed by atoms with E-state index >= 15 is 0 Å². The molecule has 1 fully saturated rings. The van der Waals surface area contributed by atoms with E-state index in [1.807, 2.05) is 12.1 Å². The number of hydrogen-bond acceptors (Lipinski definition) is 3. The summed E-state index contributed by atoms with van der Waals surface area (Å²) < 4.78 is 10.4. The number of rotatable bonds is 7. The van der Waals surface area contributed by atoms with Gasteiger partial charge in [0, 0.05) is 25.0 Å². The Kier molecular flexibility index (Phi) is 5.38. The Labute approximate surface area is 172 Å². The molecule has 4 rings (SSSR count). The first-order chi connectivity index (χ1) is 13.5. The van der Waals surface area contributed by atoms with Crippen molar-refractivity contribution < 1.29 is 4.74 Å². The zero-order chi connectivity index (χ0) is 19.7. The fraction of sp³-hybridized carbons (Fsp3) is 0.348. The average molecular weight is 394 g/mol. The largest absolute Gasteiger partial charge is 0.497 e. The predicted molar refractivity (Wildman–Crippen MR) is 116 cm³/mol. The molecular weight excluding hydrogens is 366 g/mol. The molecule has 28 heavy (non-hydrogen) atoms. The predicted octanol–water partition coefficient (Wildman–Crippen LogP) is 5.26. The summed E-state index contributed by atoms with van der Waals surface area (Å²) in [5, 5.41) is 0. The van der Waals surface area contributed by atoms with Crippen LogP contribution in [0.15, 0.2) is 54.9 Å². The standard InChI is InChI=1S/C23H27N3OS/c1-17-4-5-18(2)22(14-17)26-13-12-24(23(26)28)16-25(20-8-9-20)15-19-6-10-21(27-3)11-7-19/h4-7,10-14,20H,8-9,15-16H2,1-3H3. The van der Waals surface area contributed by atoms with Crippen LogP contribution >= 0.6 is 12.2 Å². The van der Waals surface area contributed by atoms with Crippen LogP contribution in [0.4, 0.5) is 0 Å². The fourth-order valence-corrected chi connectivity index (χ4v) is 3.86. The Morgan fingerprint density at radius 2 is 1.82 bits per heavy atom. The minimum absolute atomic E-state index is 0.646. The molecular formula is C23H27N3OS. The molecule has 0 atom stereocenters. The van der Waals surface area contributed by atoms with Crippen LogP contribution in [0, 0.1) is 18.6 Å². The van der Waals surface area contributed by atoms with E-state index < -0.39 is 0 Å². The molecule has 0 saturated heterocycles. The molecule has 1 aliphatic rings. The van der Waals surface area contributed by atoms with Crippen LogP contribution in [0.3, 0.4) is 0 Å². The fourth-order valence-electron chi connectivity index (χ4n) is 3.58. The molecule has 0 spiro atoms. The highest BCUT2D eigenvalue weighted by atomic mass is 32.1. The van der Waals surface area contributed by atoms with E-state index in [4.69, 9.17) is 17.0 Å². The molecule has 0 radical (unpaired) electrons. The van der Waals surface area contributed by atoms with Crippen molar-refractivity contribution in [3.8, 4) is 11.4 Å². The van der Waals surface area contributed by atoms with E-state index in [1.165, 1.54) is 29.5 Å². The molecule has 1 aromatic heterocycles. The van der Waals surface area contributed by atoms with Crippen LogP contribution in [-0.4, -0.2) is 27.2 Å². The highest BCUT2D eigenvalue weighted by Gasteiger charge is 2.29. The third-order valence-corrected chi connectivity index (χ3v) is 5.84. The van der Waals surface area contributed by atoms with E-state index in [2.05, 4.69) is 70.6 Å². The van der Waals surface area contributed by atoms with E-state index in [-0.39, 0.29) is 0 Å². The van der Waals surface area contributed by atoms with Gasteiger partial charge in [0.2, 0.25) is 0 Å². The second-order valence-corrected chi connectivity index (χ2v) is 8.04. The molecule has 0 amide bonds. The lowest BCUT2D eigenvalue weighted by Crippen LogP contribution is -2.28. The number of benzene rings is 2. The van der Waals surface area contributed by atoms with Crippen LogP contribution in [0.25, 0.3) is 5.69 Å². The average Bonchev–Trinajstić information content (AvgIpc) is 3.49. The highest BCUT2D eigenvalue weighted by molar-refractivity contribution is 7.71. The van der Waals surface area contributed by atoms with Crippen molar-refractivity contribution in [2.45, 2.75) is 45.9 Å². The number of aryl methyl sites for hydroxylation is 2. The van der Waals surface area contributed by atoms with Gasteiger partial charge in [0.05, 0.1) is 19.5 Å². The third kappa shape index (κ3) is 4.05. The van der Waals surface area contributed by atoms with Crippen LogP contribution in [0.2, 0.25) is 0 Å². The van der Waals surface area contributed by atoms with E-state index in [0.29, 0.717) is 6.04 Å². The zero-order valence-electron chi connectivity index (χ0n) is 16.8. The van der Waals surface area contributed by atoms with Crippen molar-refractivity contribution in [3.05, 3.63) is 76.3 Å². The second kappa shape index (κ2) is 7.94. The molecule has 4 nitrogen and oxygen atoms in total. The molecule has 146 valence electrons. The number of aromatic nitrogens is 2. The third-order valence-electron chi connectivity index (χ3n) is 5.41. The Morgan fingerprint density at radius 1 is 1.07 bits per heavy atom. The molecule has 5 heteroatoms. The molecule has 3 aromatic rings. The van der Waals surface area contributed by atoms with Crippen molar-refractivity contribution in [1.29, 1.82) is 0 Å². The molecule has 0 bridgehead atoms. The van der Waals surface area contributed by atoms with Crippen molar-refractivity contribution in [2.24, 2.45) is 0 Å². The minimum atomic E-state index is 0.646. The van der Waals surface area contributed by atoms with Gasteiger partial charge in [-0.25, -0.2) is 0 Å².